The molecule has 0 bridgehead atoms. The van der Waals surface area contributed by atoms with Gasteiger partial charge in [-0.1, -0.05) is 30.0 Å². The number of carbonyl (C=O) groups excluding carboxylic acids is 1. The van der Waals surface area contributed by atoms with E-state index in [1.54, 1.807) is 36.7 Å². The zero-order valence-electron chi connectivity index (χ0n) is 15.2. The molecule has 1 amide bonds. The van der Waals surface area contributed by atoms with E-state index in [4.69, 9.17) is 0 Å². The summed E-state index contributed by atoms with van der Waals surface area (Å²) < 4.78 is 15.2. The first kappa shape index (κ1) is 18.8. The summed E-state index contributed by atoms with van der Waals surface area (Å²) >= 11 is 1.27. The monoisotopic (exact) mass is 405 g/mol. The van der Waals surface area contributed by atoms with Crippen molar-refractivity contribution in [3.8, 4) is 17.1 Å². The zero-order valence-corrected chi connectivity index (χ0v) is 16.0. The first-order valence-electron chi connectivity index (χ1n) is 8.80. The lowest BCUT2D eigenvalue weighted by Crippen LogP contribution is -2.14. The average molecular weight is 405 g/mol. The molecule has 6 nitrogen and oxygen atoms in total. The van der Waals surface area contributed by atoms with Gasteiger partial charge in [0.25, 0.3) is 0 Å². The number of hydrogen-bond donors (Lipinski definition) is 1. The minimum Gasteiger partial charge on any atom is -0.324 e. The van der Waals surface area contributed by atoms with Crippen LogP contribution in [0.25, 0.3) is 17.1 Å². The van der Waals surface area contributed by atoms with E-state index >= 15 is 0 Å². The van der Waals surface area contributed by atoms with Crippen LogP contribution in [-0.4, -0.2) is 31.4 Å². The van der Waals surface area contributed by atoms with E-state index in [-0.39, 0.29) is 17.5 Å². The average Bonchev–Trinajstić information content (AvgIpc) is 3.18. The predicted molar refractivity (Wildman–Crippen MR) is 110 cm³/mol. The SMILES string of the molecule is O=C(CSc1nnc(-c2ccc(F)cc2)n1-c1ccccc1)Nc1cccnc1. The summed E-state index contributed by atoms with van der Waals surface area (Å²) in [5, 5.41) is 11.9. The Hall–Kier alpha value is -3.52. The van der Waals surface area contributed by atoms with Crippen LogP contribution in [0, 0.1) is 5.82 Å². The first-order valence-corrected chi connectivity index (χ1v) is 9.79. The number of nitrogens with one attached hydrogen (secondary N) is 1. The lowest BCUT2D eigenvalue weighted by Gasteiger charge is -2.10. The standard InChI is InChI=1S/C21H16FN5OS/c22-16-10-8-15(9-11-16)20-25-26-21(27(20)18-6-2-1-3-7-18)29-14-19(28)24-17-5-4-12-23-13-17/h1-13H,14H2,(H,24,28). The highest BCUT2D eigenvalue weighted by atomic mass is 32.2. The minimum absolute atomic E-state index is 0.156. The second-order valence-electron chi connectivity index (χ2n) is 6.06. The fourth-order valence-corrected chi connectivity index (χ4v) is 3.47. The third-order valence-electron chi connectivity index (χ3n) is 4.03. The zero-order chi connectivity index (χ0) is 20.1. The van der Waals surface area contributed by atoms with Crippen LogP contribution in [0.5, 0.6) is 0 Å². The minimum atomic E-state index is -0.318. The molecule has 0 aliphatic carbocycles. The maximum absolute atomic E-state index is 13.3. The lowest BCUT2D eigenvalue weighted by atomic mass is 10.2. The van der Waals surface area contributed by atoms with E-state index in [0.717, 1.165) is 11.3 Å². The number of carbonyl (C=O) groups is 1. The maximum Gasteiger partial charge on any atom is 0.234 e. The highest BCUT2D eigenvalue weighted by molar-refractivity contribution is 7.99. The van der Waals surface area contributed by atoms with E-state index in [1.807, 2.05) is 34.9 Å². The van der Waals surface area contributed by atoms with E-state index < -0.39 is 0 Å². The molecule has 29 heavy (non-hydrogen) atoms. The van der Waals surface area contributed by atoms with Crippen LogP contribution in [0.15, 0.2) is 84.3 Å². The molecule has 0 unspecified atom stereocenters. The molecule has 0 aliphatic rings. The van der Waals surface area contributed by atoms with E-state index in [2.05, 4.69) is 20.5 Å². The number of benzene rings is 2. The summed E-state index contributed by atoms with van der Waals surface area (Å²) in [6.45, 7) is 0. The van der Waals surface area contributed by atoms with Crippen LogP contribution in [0.3, 0.4) is 0 Å². The topological polar surface area (TPSA) is 72.7 Å². The van der Waals surface area contributed by atoms with Crippen molar-refractivity contribution in [2.24, 2.45) is 0 Å². The number of amides is 1. The molecule has 8 heteroatoms. The van der Waals surface area contributed by atoms with Gasteiger partial charge in [0.05, 0.1) is 17.6 Å². The molecular formula is C21H16FN5OS. The van der Waals surface area contributed by atoms with Crippen LogP contribution in [-0.2, 0) is 4.79 Å². The van der Waals surface area contributed by atoms with Crippen LogP contribution in [0.4, 0.5) is 10.1 Å². The van der Waals surface area contributed by atoms with Gasteiger partial charge in [0.15, 0.2) is 11.0 Å². The molecule has 2 aromatic carbocycles. The number of aromatic nitrogens is 4. The van der Waals surface area contributed by atoms with Crippen LogP contribution in [0.2, 0.25) is 0 Å². The number of para-hydroxylation sites is 1. The van der Waals surface area contributed by atoms with Gasteiger partial charge < -0.3 is 5.32 Å². The molecular weight excluding hydrogens is 389 g/mol. The summed E-state index contributed by atoms with van der Waals surface area (Å²) in [6.07, 6.45) is 3.23. The smallest absolute Gasteiger partial charge is 0.234 e. The largest absolute Gasteiger partial charge is 0.324 e. The number of anilines is 1. The molecule has 0 saturated heterocycles. The Morgan fingerprint density at radius 3 is 2.52 bits per heavy atom. The summed E-state index contributed by atoms with van der Waals surface area (Å²) in [4.78, 5) is 16.3. The van der Waals surface area contributed by atoms with E-state index in [0.29, 0.717) is 16.7 Å². The van der Waals surface area contributed by atoms with Crippen LogP contribution in [0.1, 0.15) is 0 Å². The second kappa shape index (κ2) is 8.66. The van der Waals surface area contributed by atoms with Crippen molar-refractivity contribution in [1.82, 2.24) is 19.7 Å². The number of thioether (sulfide) groups is 1. The fourth-order valence-electron chi connectivity index (χ4n) is 2.72. The Bertz CT molecular complexity index is 1100. The Morgan fingerprint density at radius 1 is 1.00 bits per heavy atom. The molecule has 2 heterocycles. The Morgan fingerprint density at radius 2 is 1.79 bits per heavy atom. The molecule has 1 N–H and O–H groups in total. The van der Waals surface area contributed by atoms with Crippen molar-refractivity contribution in [3.63, 3.8) is 0 Å². The van der Waals surface area contributed by atoms with Gasteiger partial charge in [0, 0.05) is 17.4 Å². The number of pyridine rings is 1. The molecule has 2 aromatic heterocycles. The number of rotatable bonds is 6. The van der Waals surface area contributed by atoms with Crippen molar-refractivity contribution in [2.45, 2.75) is 5.16 Å². The summed E-state index contributed by atoms with van der Waals surface area (Å²) in [5.41, 5.74) is 2.22. The number of hydrogen-bond acceptors (Lipinski definition) is 5. The van der Waals surface area contributed by atoms with Gasteiger partial charge in [-0.25, -0.2) is 4.39 Å². The molecule has 4 rings (SSSR count). The summed E-state index contributed by atoms with van der Waals surface area (Å²) in [5.74, 6) is 0.241. The lowest BCUT2D eigenvalue weighted by molar-refractivity contribution is -0.113. The third kappa shape index (κ3) is 4.49. The van der Waals surface area contributed by atoms with Crippen molar-refractivity contribution in [2.75, 3.05) is 11.1 Å². The molecule has 4 aromatic rings. The van der Waals surface area contributed by atoms with Crippen LogP contribution >= 0.6 is 11.8 Å². The van der Waals surface area contributed by atoms with Gasteiger partial charge >= 0.3 is 0 Å². The molecule has 0 spiro atoms. The van der Waals surface area contributed by atoms with Crippen molar-refractivity contribution in [3.05, 3.63) is 84.9 Å². The number of halogens is 1. The maximum atomic E-state index is 13.3. The fraction of sp³-hybridized carbons (Fsp3) is 0.0476. The quantitative estimate of drug-likeness (QED) is 0.487. The van der Waals surface area contributed by atoms with E-state index in [9.17, 15) is 9.18 Å². The molecule has 0 saturated carbocycles. The third-order valence-corrected chi connectivity index (χ3v) is 4.96. The Kier molecular flexibility index (Phi) is 5.62. The molecule has 0 radical (unpaired) electrons. The van der Waals surface area contributed by atoms with Gasteiger partial charge in [-0.15, -0.1) is 10.2 Å². The van der Waals surface area contributed by atoms with Gasteiger partial charge in [0.2, 0.25) is 5.91 Å². The van der Waals surface area contributed by atoms with Crippen molar-refractivity contribution >= 4 is 23.4 Å². The number of nitrogens with zero attached hydrogens (tertiary/aromatic N) is 4. The molecule has 0 aliphatic heterocycles. The van der Waals surface area contributed by atoms with Gasteiger partial charge in [-0.3, -0.25) is 14.3 Å². The Balaban J connectivity index is 1.60. The van der Waals surface area contributed by atoms with Crippen LogP contribution < -0.4 is 5.32 Å². The first-order chi connectivity index (χ1) is 14.2. The van der Waals surface area contributed by atoms with E-state index in [1.165, 1.54) is 23.9 Å². The highest BCUT2D eigenvalue weighted by Crippen LogP contribution is 2.28. The summed E-state index contributed by atoms with van der Waals surface area (Å²) in [7, 11) is 0. The molecule has 0 fully saturated rings. The van der Waals surface area contributed by atoms with Gasteiger partial charge in [-0.05, 0) is 48.5 Å². The van der Waals surface area contributed by atoms with Gasteiger partial charge in [-0.2, -0.15) is 0 Å². The summed E-state index contributed by atoms with van der Waals surface area (Å²) in [6, 6.07) is 19.2. The molecule has 144 valence electrons. The highest BCUT2D eigenvalue weighted by Gasteiger charge is 2.17. The van der Waals surface area contributed by atoms with Gasteiger partial charge in [0.1, 0.15) is 5.82 Å². The predicted octanol–water partition coefficient (Wildman–Crippen LogP) is 4.20. The second-order valence-corrected chi connectivity index (χ2v) is 7.01. The molecule has 0 atom stereocenters. The van der Waals surface area contributed by atoms with Crippen molar-refractivity contribution in [1.29, 1.82) is 0 Å². The Labute approximate surface area is 170 Å². The van der Waals surface area contributed by atoms with Crippen molar-refractivity contribution < 1.29 is 9.18 Å². The normalized spacial score (nSPS) is 10.7.